The third-order valence-electron chi connectivity index (χ3n) is 1.92. The quantitative estimate of drug-likeness (QED) is 0.756. The number of hydrogen-bond acceptors (Lipinski definition) is 3. The summed E-state index contributed by atoms with van der Waals surface area (Å²) in [4.78, 5) is 0. The highest BCUT2D eigenvalue weighted by molar-refractivity contribution is 5.27. The average molecular weight is 195 g/mol. The van der Waals surface area contributed by atoms with E-state index < -0.39 is 5.54 Å². The summed E-state index contributed by atoms with van der Waals surface area (Å²) in [5.74, 6) is 0.787. The smallest absolute Gasteiger partial charge is 0.119 e. The second kappa shape index (κ2) is 4.44. The third-order valence-corrected chi connectivity index (χ3v) is 1.92. The Labute approximate surface area is 84.5 Å². The molecule has 1 rings (SSSR count). The van der Waals surface area contributed by atoms with Gasteiger partial charge in [0.05, 0.1) is 12.1 Å². The van der Waals surface area contributed by atoms with Gasteiger partial charge in [-0.15, -0.1) is 0 Å². The van der Waals surface area contributed by atoms with E-state index in [0.29, 0.717) is 6.61 Å². The topological polar surface area (TPSA) is 55.5 Å². The molecule has 0 bridgehead atoms. The van der Waals surface area contributed by atoms with Gasteiger partial charge in [-0.05, 0) is 31.5 Å². The molecule has 3 heteroatoms. The molecule has 1 atom stereocenters. The van der Waals surface area contributed by atoms with Crippen LogP contribution in [0.5, 0.6) is 5.75 Å². The van der Waals surface area contributed by atoms with Crippen LogP contribution in [0.2, 0.25) is 0 Å². The fourth-order valence-corrected chi connectivity index (χ4v) is 0.999. The second-order valence-corrected chi connectivity index (χ2v) is 3.92. The van der Waals surface area contributed by atoms with Crippen LogP contribution in [0.1, 0.15) is 12.5 Å². The van der Waals surface area contributed by atoms with Gasteiger partial charge in [0, 0.05) is 0 Å². The zero-order chi connectivity index (χ0) is 10.6. The van der Waals surface area contributed by atoms with E-state index in [1.807, 2.05) is 31.2 Å². The predicted molar refractivity (Wildman–Crippen MR) is 56.4 cm³/mol. The third kappa shape index (κ3) is 3.36. The van der Waals surface area contributed by atoms with E-state index in [9.17, 15) is 0 Å². The molecular weight excluding hydrogens is 178 g/mol. The average Bonchev–Trinajstić information content (AvgIpc) is 2.15. The van der Waals surface area contributed by atoms with E-state index in [-0.39, 0.29) is 6.61 Å². The largest absolute Gasteiger partial charge is 0.492 e. The van der Waals surface area contributed by atoms with Gasteiger partial charge < -0.3 is 15.6 Å². The molecule has 0 aliphatic heterocycles. The van der Waals surface area contributed by atoms with E-state index in [4.69, 9.17) is 15.6 Å². The maximum atomic E-state index is 8.92. The van der Waals surface area contributed by atoms with Crippen molar-refractivity contribution >= 4 is 0 Å². The highest BCUT2D eigenvalue weighted by Crippen LogP contribution is 2.13. The van der Waals surface area contributed by atoms with E-state index in [2.05, 4.69) is 0 Å². The summed E-state index contributed by atoms with van der Waals surface area (Å²) in [6, 6.07) is 7.74. The van der Waals surface area contributed by atoms with Crippen molar-refractivity contribution in [3.05, 3.63) is 29.8 Å². The molecule has 1 aromatic carbocycles. The lowest BCUT2D eigenvalue weighted by Gasteiger charge is -2.21. The first-order chi connectivity index (χ1) is 6.53. The summed E-state index contributed by atoms with van der Waals surface area (Å²) in [5, 5.41) is 8.92. The van der Waals surface area contributed by atoms with Gasteiger partial charge in [-0.25, -0.2) is 0 Å². The molecule has 0 amide bonds. The van der Waals surface area contributed by atoms with Crippen molar-refractivity contribution in [2.45, 2.75) is 19.4 Å². The van der Waals surface area contributed by atoms with Crippen LogP contribution < -0.4 is 10.5 Å². The number of ether oxygens (including phenoxy) is 1. The van der Waals surface area contributed by atoms with Crippen LogP contribution in [-0.4, -0.2) is 23.9 Å². The monoisotopic (exact) mass is 195 g/mol. The van der Waals surface area contributed by atoms with E-state index in [1.54, 1.807) is 6.92 Å². The lowest BCUT2D eigenvalue weighted by molar-refractivity contribution is 0.146. The standard InChI is InChI=1S/C11H17NO2/c1-9-4-3-5-10(6-9)14-8-11(2,12)7-13/h3-6,13H,7-8,12H2,1-2H3. The van der Waals surface area contributed by atoms with Gasteiger partial charge in [0.2, 0.25) is 0 Å². The number of aryl methyl sites for hydroxylation is 1. The van der Waals surface area contributed by atoms with E-state index in [1.165, 1.54) is 0 Å². The molecule has 0 aliphatic carbocycles. The molecule has 0 aromatic heterocycles. The Morgan fingerprint density at radius 3 is 2.79 bits per heavy atom. The normalized spacial score (nSPS) is 14.9. The Morgan fingerprint density at radius 1 is 1.50 bits per heavy atom. The first-order valence-corrected chi connectivity index (χ1v) is 4.63. The summed E-state index contributed by atoms with van der Waals surface area (Å²) >= 11 is 0. The molecule has 0 saturated heterocycles. The van der Waals surface area contributed by atoms with Crippen LogP contribution >= 0.6 is 0 Å². The fourth-order valence-electron chi connectivity index (χ4n) is 0.999. The molecule has 3 N–H and O–H groups in total. The Morgan fingerprint density at radius 2 is 2.21 bits per heavy atom. The molecule has 1 unspecified atom stereocenters. The van der Waals surface area contributed by atoms with Crippen molar-refractivity contribution in [3.8, 4) is 5.75 Å². The van der Waals surface area contributed by atoms with Gasteiger partial charge in [-0.1, -0.05) is 12.1 Å². The SMILES string of the molecule is Cc1cccc(OCC(C)(N)CO)c1. The first kappa shape index (κ1) is 11.0. The van der Waals surface area contributed by atoms with Crippen molar-refractivity contribution in [2.24, 2.45) is 5.73 Å². The van der Waals surface area contributed by atoms with Crippen molar-refractivity contribution in [2.75, 3.05) is 13.2 Å². The predicted octanol–water partition coefficient (Wildman–Crippen LogP) is 1.08. The van der Waals surface area contributed by atoms with Gasteiger partial charge in [-0.2, -0.15) is 0 Å². The molecule has 14 heavy (non-hydrogen) atoms. The molecule has 0 saturated carbocycles. The van der Waals surface area contributed by atoms with Gasteiger partial charge in [0.15, 0.2) is 0 Å². The highest BCUT2D eigenvalue weighted by Gasteiger charge is 2.17. The molecule has 0 fully saturated rings. The summed E-state index contributed by atoms with van der Waals surface area (Å²) < 4.78 is 5.46. The van der Waals surface area contributed by atoms with E-state index in [0.717, 1.165) is 11.3 Å². The molecule has 0 aliphatic rings. The molecular formula is C11H17NO2. The maximum Gasteiger partial charge on any atom is 0.119 e. The number of aliphatic hydroxyl groups is 1. The number of rotatable bonds is 4. The van der Waals surface area contributed by atoms with Crippen molar-refractivity contribution < 1.29 is 9.84 Å². The van der Waals surface area contributed by atoms with Gasteiger partial charge in [-0.3, -0.25) is 0 Å². The number of hydrogen-bond donors (Lipinski definition) is 2. The molecule has 78 valence electrons. The van der Waals surface area contributed by atoms with Crippen molar-refractivity contribution in [1.29, 1.82) is 0 Å². The van der Waals surface area contributed by atoms with Crippen molar-refractivity contribution in [3.63, 3.8) is 0 Å². The summed E-state index contributed by atoms with van der Waals surface area (Å²) in [5.41, 5.74) is 6.19. The van der Waals surface area contributed by atoms with Crippen LogP contribution in [0.4, 0.5) is 0 Å². The minimum atomic E-state index is -0.677. The fraction of sp³-hybridized carbons (Fsp3) is 0.455. The zero-order valence-corrected chi connectivity index (χ0v) is 8.66. The lowest BCUT2D eigenvalue weighted by Crippen LogP contribution is -2.45. The number of aliphatic hydroxyl groups excluding tert-OH is 1. The van der Waals surface area contributed by atoms with Crippen LogP contribution in [0.3, 0.4) is 0 Å². The van der Waals surface area contributed by atoms with Crippen molar-refractivity contribution in [1.82, 2.24) is 0 Å². The Bertz CT molecular complexity index is 297. The molecule has 3 nitrogen and oxygen atoms in total. The summed E-state index contributed by atoms with van der Waals surface area (Å²) in [6.45, 7) is 3.98. The second-order valence-electron chi connectivity index (χ2n) is 3.92. The molecule has 1 aromatic rings. The number of benzene rings is 1. The molecule has 0 radical (unpaired) electrons. The van der Waals surface area contributed by atoms with Crippen LogP contribution in [-0.2, 0) is 0 Å². The Kier molecular flexibility index (Phi) is 3.49. The lowest BCUT2D eigenvalue weighted by atomic mass is 10.1. The summed E-state index contributed by atoms with van der Waals surface area (Å²) in [7, 11) is 0. The van der Waals surface area contributed by atoms with Crippen LogP contribution in [0.15, 0.2) is 24.3 Å². The summed E-state index contributed by atoms with van der Waals surface area (Å²) in [6.07, 6.45) is 0. The van der Waals surface area contributed by atoms with Crippen LogP contribution in [0.25, 0.3) is 0 Å². The highest BCUT2D eigenvalue weighted by atomic mass is 16.5. The van der Waals surface area contributed by atoms with E-state index >= 15 is 0 Å². The van der Waals surface area contributed by atoms with Gasteiger partial charge in [0.1, 0.15) is 12.4 Å². The zero-order valence-electron chi connectivity index (χ0n) is 8.66. The van der Waals surface area contributed by atoms with Gasteiger partial charge >= 0.3 is 0 Å². The maximum absolute atomic E-state index is 8.92. The Balaban J connectivity index is 2.54. The Hall–Kier alpha value is -1.06. The molecule has 0 spiro atoms. The minimum Gasteiger partial charge on any atom is -0.492 e. The van der Waals surface area contributed by atoms with Gasteiger partial charge in [0.25, 0.3) is 0 Å². The molecule has 0 heterocycles. The van der Waals surface area contributed by atoms with Crippen LogP contribution in [0, 0.1) is 6.92 Å². The number of nitrogens with two attached hydrogens (primary N) is 1. The first-order valence-electron chi connectivity index (χ1n) is 4.63. The minimum absolute atomic E-state index is 0.0845.